The largest absolute Gasteiger partial charge is 0.392 e. The van der Waals surface area contributed by atoms with Gasteiger partial charge in [-0.25, -0.2) is 0 Å². The van der Waals surface area contributed by atoms with Gasteiger partial charge in [-0.3, -0.25) is 10.1 Å². The van der Waals surface area contributed by atoms with E-state index in [4.69, 9.17) is 5.11 Å². The SMILES string of the molecule is CC(O)CNC(C)CCc1ccccc1[N+](=O)[O-]. The maximum absolute atomic E-state index is 10.8. The van der Waals surface area contributed by atoms with Crippen molar-refractivity contribution in [3.8, 4) is 0 Å². The van der Waals surface area contributed by atoms with Crippen LogP contribution in [0.4, 0.5) is 5.69 Å². The summed E-state index contributed by atoms with van der Waals surface area (Å²) in [5, 5.41) is 23.2. The molecule has 0 radical (unpaired) electrons. The Morgan fingerprint density at radius 3 is 2.67 bits per heavy atom. The number of rotatable bonds is 7. The first-order chi connectivity index (χ1) is 8.50. The summed E-state index contributed by atoms with van der Waals surface area (Å²) < 4.78 is 0. The van der Waals surface area contributed by atoms with Gasteiger partial charge in [-0.1, -0.05) is 18.2 Å². The summed E-state index contributed by atoms with van der Waals surface area (Å²) in [6, 6.07) is 7.04. The molecule has 5 nitrogen and oxygen atoms in total. The Morgan fingerprint density at radius 2 is 2.06 bits per heavy atom. The molecule has 0 aromatic heterocycles. The summed E-state index contributed by atoms with van der Waals surface area (Å²) in [4.78, 5) is 10.5. The van der Waals surface area contributed by atoms with Gasteiger partial charge in [0.05, 0.1) is 11.0 Å². The van der Waals surface area contributed by atoms with Crippen molar-refractivity contribution in [2.24, 2.45) is 0 Å². The summed E-state index contributed by atoms with van der Waals surface area (Å²) in [5.74, 6) is 0. The number of aliphatic hydroxyl groups excluding tert-OH is 1. The van der Waals surface area contributed by atoms with Crippen LogP contribution in [-0.2, 0) is 6.42 Å². The number of hydrogen-bond donors (Lipinski definition) is 2. The Hall–Kier alpha value is -1.46. The van der Waals surface area contributed by atoms with E-state index in [-0.39, 0.29) is 22.8 Å². The van der Waals surface area contributed by atoms with E-state index in [9.17, 15) is 10.1 Å². The third-order valence-corrected chi connectivity index (χ3v) is 2.80. The second-order valence-corrected chi connectivity index (χ2v) is 4.58. The van der Waals surface area contributed by atoms with Crippen molar-refractivity contribution in [3.63, 3.8) is 0 Å². The number of nitrogens with one attached hydrogen (secondary N) is 1. The summed E-state index contributed by atoms with van der Waals surface area (Å²) in [5.41, 5.74) is 0.938. The Balaban J connectivity index is 2.50. The molecule has 0 heterocycles. The van der Waals surface area contributed by atoms with E-state index in [1.54, 1.807) is 19.1 Å². The second kappa shape index (κ2) is 7.08. The van der Waals surface area contributed by atoms with Crippen LogP contribution < -0.4 is 5.32 Å². The van der Waals surface area contributed by atoms with Crippen molar-refractivity contribution in [2.45, 2.75) is 38.8 Å². The molecule has 0 aliphatic rings. The zero-order chi connectivity index (χ0) is 13.5. The number of nitro groups is 1. The highest BCUT2D eigenvalue weighted by atomic mass is 16.6. The molecule has 0 aliphatic carbocycles. The third-order valence-electron chi connectivity index (χ3n) is 2.80. The van der Waals surface area contributed by atoms with Crippen LogP contribution in [0.2, 0.25) is 0 Å². The minimum Gasteiger partial charge on any atom is -0.392 e. The Labute approximate surface area is 107 Å². The van der Waals surface area contributed by atoms with Gasteiger partial charge >= 0.3 is 0 Å². The first kappa shape index (κ1) is 14.6. The number of aliphatic hydroxyl groups is 1. The maximum Gasteiger partial charge on any atom is 0.272 e. The molecule has 0 fully saturated rings. The van der Waals surface area contributed by atoms with Gasteiger partial charge in [0.25, 0.3) is 5.69 Å². The van der Waals surface area contributed by atoms with Crippen LogP contribution in [0.25, 0.3) is 0 Å². The minimum atomic E-state index is -0.376. The first-order valence-corrected chi connectivity index (χ1v) is 6.14. The molecular weight excluding hydrogens is 232 g/mol. The minimum absolute atomic E-state index is 0.181. The molecular formula is C13H20N2O3. The van der Waals surface area contributed by atoms with Gasteiger partial charge in [-0.2, -0.15) is 0 Å². The lowest BCUT2D eigenvalue weighted by Crippen LogP contribution is -2.32. The lowest BCUT2D eigenvalue weighted by Gasteiger charge is -2.14. The summed E-state index contributed by atoms with van der Waals surface area (Å²) in [6.07, 6.45) is 1.08. The number of aryl methyl sites for hydroxylation is 1. The fraction of sp³-hybridized carbons (Fsp3) is 0.538. The van der Waals surface area contributed by atoms with E-state index in [0.29, 0.717) is 13.0 Å². The van der Waals surface area contributed by atoms with Crippen LogP contribution >= 0.6 is 0 Å². The van der Waals surface area contributed by atoms with Crippen molar-refractivity contribution in [1.29, 1.82) is 0 Å². The molecule has 0 saturated heterocycles. The van der Waals surface area contributed by atoms with Gasteiger partial charge < -0.3 is 10.4 Å². The Bertz CT molecular complexity index is 394. The van der Waals surface area contributed by atoms with E-state index in [1.165, 1.54) is 6.07 Å². The summed E-state index contributed by atoms with van der Waals surface area (Å²) in [7, 11) is 0. The smallest absolute Gasteiger partial charge is 0.272 e. The summed E-state index contributed by atoms with van der Waals surface area (Å²) in [6.45, 7) is 4.27. The van der Waals surface area contributed by atoms with E-state index in [0.717, 1.165) is 12.0 Å². The number of hydrogen-bond acceptors (Lipinski definition) is 4. The molecule has 2 atom stereocenters. The van der Waals surface area contributed by atoms with Gasteiger partial charge in [0.2, 0.25) is 0 Å². The number of nitrogens with zero attached hydrogens (tertiary/aromatic N) is 1. The first-order valence-electron chi connectivity index (χ1n) is 6.14. The highest BCUT2D eigenvalue weighted by Crippen LogP contribution is 2.19. The lowest BCUT2D eigenvalue weighted by molar-refractivity contribution is -0.385. The van der Waals surface area contributed by atoms with Gasteiger partial charge in [-0.15, -0.1) is 0 Å². The molecule has 0 amide bonds. The van der Waals surface area contributed by atoms with E-state index < -0.39 is 0 Å². The number of benzene rings is 1. The fourth-order valence-corrected chi connectivity index (χ4v) is 1.75. The maximum atomic E-state index is 10.8. The van der Waals surface area contributed by atoms with Crippen LogP contribution in [0.1, 0.15) is 25.8 Å². The quantitative estimate of drug-likeness (QED) is 0.574. The number of nitro benzene ring substituents is 1. The lowest BCUT2D eigenvalue weighted by atomic mass is 10.0. The fourth-order valence-electron chi connectivity index (χ4n) is 1.75. The highest BCUT2D eigenvalue weighted by Gasteiger charge is 2.13. The summed E-state index contributed by atoms with van der Waals surface area (Å²) >= 11 is 0. The third kappa shape index (κ3) is 4.81. The molecule has 1 aromatic carbocycles. The standard InChI is InChI=1S/C13H20N2O3/c1-10(14-9-11(2)16)7-8-12-5-3-4-6-13(12)15(17)18/h3-6,10-11,14,16H,7-9H2,1-2H3. The number of para-hydroxylation sites is 1. The Kier molecular flexibility index (Phi) is 5.74. The second-order valence-electron chi connectivity index (χ2n) is 4.58. The zero-order valence-corrected chi connectivity index (χ0v) is 10.8. The average Bonchev–Trinajstić information content (AvgIpc) is 2.34. The highest BCUT2D eigenvalue weighted by molar-refractivity contribution is 5.39. The average molecular weight is 252 g/mol. The monoisotopic (exact) mass is 252 g/mol. The van der Waals surface area contributed by atoms with Crippen molar-refractivity contribution in [3.05, 3.63) is 39.9 Å². The molecule has 2 N–H and O–H groups in total. The van der Waals surface area contributed by atoms with E-state index in [2.05, 4.69) is 5.32 Å². The van der Waals surface area contributed by atoms with Crippen LogP contribution in [0.15, 0.2) is 24.3 Å². The molecule has 0 bridgehead atoms. The van der Waals surface area contributed by atoms with Gasteiger partial charge in [0, 0.05) is 24.2 Å². The van der Waals surface area contributed by atoms with Crippen LogP contribution in [0, 0.1) is 10.1 Å². The van der Waals surface area contributed by atoms with Gasteiger partial charge in [-0.05, 0) is 26.7 Å². The van der Waals surface area contributed by atoms with Crippen molar-refractivity contribution < 1.29 is 10.0 Å². The molecule has 1 aromatic rings. The van der Waals surface area contributed by atoms with E-state index >= 15 is 0 Å². The molecule has 0 aliphatic heterocycles. The molecule has 1 rings (SSSR count). The zero-order valence-electron chi connectivity index (χ0n) is 10.8. The predicted octanol–water partition coefficient (Wildman–Crippen LogP) is 1.89. The van der Waals surface area contributed by atoms with E-state index in [1.807, 2.05) is 13.0 Å². The van der Waals surface area contributed by atoms with Crippen molar-refractivity contribution in [2.75, 3.05) is 6.54 Å². The van der Waals surface area contributed by atoms with Gasteiger partial charge in [0.1, 0.15) is 0 Å². The Morgan fingerprint density at radius 1 is 1.39 bits per heavy atom. The van der Waals surface area contributed by atoms with Crippen molar-refractivity contribution in [1.82, 2.24) is 5.32 Å². The molecule has 100 valence electrons. The van der Waals surface area contributed by atoms with Gasteiger partial charge in [0.15, 0.2) is 0 Å². The normalized spacial score (nSPS) is 14.2. The molecule has 0 saturated carbocycles. The van der Waals surface area contributed by atoms with Crippen LogP contribution in [0.3, 0.4) is 0 Å². The van der Waals surface area contributed by atoms with Crippen LogP contribution in [-0.4, -0.2) is 28.7 Å². The molecule has 2 unspecified atom stereocenters. The molecule has 5 heteroatoms. The van der Waals surface area contributed by atoms with Crippen LogP contribution in [0.5, 0.6) is 0 Å². The molecule has 0 spiro atoms. The topological polar surface area (TPSA) is 75.4 Å². The van der Waals surface area contributed by atoms with Crippen molar-refractivity contribution >= 4 is 5.69 Å². The molecule has 18 heavy (non-hydrogen) atoms. The predicted molar refractivity (Wildman–Crippen MR) is 70.6 cm³/mol.